The molecule has 1 aliphatic rings. The molecule has 2 aromatic carbocycles. The lowest BCUT2D eigenvalue weighted by molar-refractivity contribution is 0.0533. The topological polar surface area (TPSA) is 60.8 Å². The predicted octanol–water partition coefficient (Wildman–Crippen LogP) is 3.97. The highest BCUT2D eigenvalue weighted by Crippen LogP contribution is 2.21. The summed E-state index contributed by atoms with van der Waals surface area (Å²) in [7, 11) is 0. The molecular formula is C21H17ClN4O2. The summed E-state index contributed by atoms with van der Waals surface area (Å²) in [5.74, 6) is -0.162. The summed E-state index contributed by atoms with van der Waals surface area (Å²) in [6.07, 6.45) is 0. The number of carbonyl (C=O) groups excluding carboxylic acids is 2. The van der Waals surface area contributed by atoms with Crippen molar-refractivity contribution in [3.8, 4) is 0 Å². The van der Waals surface area contributed by atoms with Gasteiger partial charge in [0.15, 0.2) is 5.69 Å². The van der Waals surface area contributed by atoms with Crippen LogP contribution in [0.3, 0.4) is 0 Å². The Morgan fingerprint density at radius 2 is 1.57 bits per heavy atom. The molecule has 4 rings (SSSR count). The number of halogens is 1. The van der Waals surface area contributed by atoms with Crippen LogP contribution in [0.25, 0.3) is 15.7 Å². The van der Waals surface area contributed by atoms with Crippen LogP contribution in [-0.4, -0.2) is 52.8 Å². The summed E-state index contributed by atoms with van der Waals surface area (Å²) in [5, 5.41) is 1.52. The van der Waals surface area contributed by atoms with E-state index in [1.54, 1.807) is 46.2 Å². The molecule has 140 valence electrons. The third kappa shape index (κ3) is 3.45. The number of aromatic nitrogens is 1. The number of benzene rings is 2. The summed E-state index contributed by atoms with van der Waals surface area (Å²) in [4.78, 5) is 35.4. The van der Waals surface area contributed by atoms with Crippen LogP contribution in [-0.2, 0) is 0 Å². The average molecular weight is 393 g/mol. The van der Waals surface area contributed by atoms with E-state index in [1.807, 2.05) is 12.1 Å². The van der Waals surface area contributed by atoms with E-state index in [-0.39, 0.29) is 11.8 Å². The van der Waals surface area contributed by atoms with E-state index in [1.165, 1.54) is 0 Å². The van der Waals surface area contributed by atoms with Crippen molar-refractivity contribution in [3.63, 3.8) is 0 Å². The van der Waals surface area contributed by atoms with E-state index in [0.29, 0.717) is 48.1 Å². The minimum absolute atomic E-state index is 0.0797. The summed E-state index contributed by atoms with van der Waals surface area (Å²) in [5.41, 5.74) is 2.45. The number of nitrogens with one attached hydrogen (secondary N) is 1. The van der Waals surface area contributed by atoms with Crippen molar-refractivity contribution in [3.05, 3.63) is 76.2 Å². The normalized spacial score (nSPS) is 14.1. The summed E-state index contributed by atoms with van der Waals surface area (Å²) in [6.45, 7) is 8.87. The van der Waals surface area contributed by atoms with Gasteiger partial charge in [-0.1, -0.05) is 35.9 Å². The number of hydrogen-bond donors (Lipinski definition) is 1. The molecule has 0 aliphatic carbocycles. The Kier molecular flexibility index (Phi) is 4.76. The Bertz CT molecular complexity index is 1090. The Balaban J connectivity index is 1.42. The number of aromatic amines is 1. The van der Waals surface area contributed by atoms with Gasteiger partial charge in [-0.3, -0.25) is 9.59 Å². The maximum atomic E-state index is 12.8. The highest BCUT2D eigenvalue weighted by atomic mass is 35.5. The van der Waals surface area contributed by atoms with Crippen LogP contribution in [0.2, 0.25) is 5.02 Å². The van der Waals surface area contributed by atoms with Gasteiger partial charge in [-0.15, -0.1) is 0 Å². The van der Waals surface area contributed by atoms with Crippen molar-refractivity contribution in [1.82, 2.24) is 14.8 Å². The molecule has 28 heavy (non-hydrogen) atoms. The average Bonchev–Trinajstić information content (AvgIpc) is 3.16. The first kappa shape index (κ1) is 18.1. The van der Waals surface area contributed by atoms with Crippen LogP contribution in [0.5, 0.6) is 0 Å². The molecule has 2 amide bonds. The number of hydrogen-bond acceptors (Lipinski definition) is 2. The van der Waals surface area contributed by atoms with Gasteiger partial charge in [0.2, 0.25) is 0 Å². The molecule has 1 saturated heterocycles. The van der Waals surface area contributed by atoms with Crippen molar-refractivity contribution >= 4 is 40.0 Å². The summed E-state index contributed by atoms with van der Waals surface area (Å²) < 4.78 is 0. The SMILES string of the molecule is [C-]#[N+]c1ccc(C(=O)N2CCN(C(=O)c3cc4cc(Cl)ccc4[nH]3)CC2)cc1. The van der Waals surface area contributed by atoms with Crippen molar-refractivity contribution < 1.29 is 9.59 Å². The van der Waals surface area contributed by atoms with E-state index in [0.717, 1.165) is 10.9 Å². The molecule has 6 nitrogen and oxygen atoms in total. The molecule has 1 aromatic heterocycles. The molecule has 3 aromatic rings. The van der Waals surface area contributed by atoms with Gasteiger partial charge < -0.3 is 14.8 Å². The number of nitrogens with zero attached hydrogens (tertiary/aromatic N) is 3. The molecule has 0 radical (unpaired) electrons. The fourth-order valence-corrected chi connectivity index (χ4v) is 3.54. The van der Waals surface area contributed by atoms with Gasteiger partial charge in [0.25, 0.3) is 11.8 Å². The molecule has 0 bridgehead atoms. The van der Waals surface area contributed by atoms with Gasteiger partial charge in [-0.2, -0.15) is 0 Å². The maximum Gasteiger partial charge on any atom is 0.270 e. The standard InChI is InChI=1S/C21H17ClN4O2/c1-23-17-5-2-14(3-6-17)20(27)25-8-10-26(11-9-25)21(28)19-13-15-12-16(22)4-7-18(15)24-19/h2-7,12-13,24H,8-11H2. The highest BCUT2D eigenvalue weighted by molar-refractivity contribution is 6.31. The van der Waals surface area contributed by atoms with Gasteiger partial charge >= 0.3 is 0 Å². The number of carbonyl (C=O) groups is 2. The Morgan fingerprint density at radius 1 is 0.929 bits per heavy atom. The molecule has 2 heterocycles. The van der Waals surface area contributed by atoms with Crippen molar-refractivity contribution in [1.29, 1.82) is 0 Å². The van der Waals surface area contributed by atoms with Gasteiger partial charge in [0, 0.05) is 47.7 Å². The molecule has 1 aliphatic heterocycles. The third-order valence-electron chi connectivity index (χ3n) is 4.91. The predicted molar refractivity (Wildman–Crippen MR) is 108 cm³/mol. The minimum Gasteiger partial charge on any atom is -0.351 e. The highest BCUT2D eigenvalue weighted by Gasteiger charge is 2.26. The van der Waals surface area contributed by atoms with Gasteiger partial charge in [-0.05, 0) is 24.3 Å². The molecule has 7 heteroatoms. The van der Waals surface area contributed by atoms with E-state index in [9.17, 15) is 9.59 Å². The zero-order valence-corrected chi connectivity index (χ0v) is 15.7. The van der Waals surface area contributed by atoms with Crippen LogP contribution < -0.4 is 0 Å². The van der Waals surface area contributed by atoms with Gasteiger partial charge in [-0.25, -0.2) is 4.85 Å². The van der Waals surface area contributed by atoms with Crippen LogP contribution in [0.4, 0.5) is 5.69 Å². The molecule has 1 fully saturated rings. The maximum absolute atomic E-state index is 12.8. The molecule has 0 unspecified atom stereocenters. The quantitative estimate of drug-likeness (QED) is 0.671. The second kappa shape index (κ2) is 7.37. The molecule has 0 saturated carbocycles. The lowest BCUT2D eigenvalue weighted by Crippen LogP contribution is -2.50. The Morgan fingerprint density at radius 3 is 2.21 bits per heavy atom. The van der Waals surface area contributed by atoms with Crippen LogP contribution in [0.1, 0.15) is 20.8 Å². The first-order chi connectivity index (χ1) is 13.5. The second-order valence-electron chi connectivity index (χ2n) is 6.66. The number of amides is 2. The minimum atomic E-state index is -0.0826. The number of fused-ring (bicyclic) bond motifs is 1. The first-order valence-corrected chi connectivity index (χ1v) is 9.27. The van der Waals surface area contributed by atoms with E-state index in [4.69, 9.17) is 18.2 Å². The van der Waals surface area contributed by atoms with Crippen LogP contribution >= 0.6 is 11.6 Å². The lowest BCUT2D eigenvalue weighted by atomic mass is 10.1. The van der Waals surface area contributed by atoms with E-state index < -0.39 is 0 Å². The smallest absolute Gasteiger partial charge is 0.270 e. The molecule has 0 atom stereocenters. The monoisotopic (exact) mass is 392 g/mol. The zero-order chi connectivity index (χ0) is 19.7. The first-order valence-electron chi connectivity index (χ1n) is 8.89. The van der Waals surface area contributed by atoms with Crippen LogP contribution in [0.15, 0.2) is 48.5 Å². The Labute approximate surface area is 167 Å². The summed E-state index contributed by atoms with van der Waals surface area (Å²) >= 11 is 6.01. The number of rotatable bonds is 2. The van der Waals surface area contributed by atoms with E-state index in [2.05, 4.69) is 9.83 Å². The van der Waals surface area contributed by atoms with Crippen LogP contribution in [0, 0.1) is 6.57 Å². The fraction of sp³-hybridized carbons (Fsp3) is 0.190. The fourth-order valence-electron chi connectivity index (χ4n) is 3.36. The van der Waals surface area contributed by atoms with Crippen molar-refractivity contribution in [2.75, 3.05) is 26.2 Å². The Hall–Kier alpha value is -3.30. The number of piperazine rings is 1. The molecule has 1 N–H and O–H groups in total. The van der Waals surface area contributed by atoms with E-state index >= 15 is 0 Å². The molecular weight excluding hydrogens is 376 g/mol. The largest absolute Gasteiger partial charge is 0.351 e. The second-order valence-corrected chi connectivity index (χ2v) is 7.09. The lowest BCUT2D eigenvalue weighted by Gasteiger charge is -2.34. The van der Waals surface area contributed by atoms with Gasteiger partial charge in [0.1, 0.15) is 5.69 Å². The van der Waals surface area contributed by atoms with Gasteiger partial charge in [0.05, 0.1) is 6.57 Å². The van der Waals surface area contributed by atoms with Crippen molar-refractivity contribution in [2.24, 2.45) is 0 Å². The summed E-state index contributed by atoms with van der Waals surface area (Å²) in [6, 6.07) is 13.9. The number of H-pyrrole nitrogens is 1. The van der Waals surface area contributed by atoms with Crippen molar-refractivity contribution in [2.45, 2.75) is 0 Å². The zero-order valence-electron chi connectivity index (χ0n) is 15.0. The molecule has 0 spiro atoms. The third-order valence-corrected chi connectivity index (χ3v) is 5.15.